The molecule has 0 unspecified atom stereocenters. The number of carbonyl (C=O) groups is 2. The molecule has 0 bridgehead atoms. The van der Waals surface area contributed by atoms with Gasteiger partial charge in [-0.2, -0.15) is 0 Å². The number of aryl methyl sites for hydroxylation is 1. The number of aromatic nitrogens is 1. The average molecular weight is 357 g/mol. The van der Waals surface area contributed by atoms with Crippen molar-refractivity contribution < 1.29 is 14.1 Å². The van der Waals surface area contributed by atoms with Crippen LogP contribution in [0.4, 0.5) is 4.79 Å². The van der Waals surface area contributed by atoms with E-state index in [0.29, 0.717) is 19.6 Å². The summed E-state index contributed by atoms with van der Waals surface area (Å²) >= 11 is 0. The Kier molecular flexibility index (Phi) is 5.65. The Morgan fingerprint density at radius 3 is 2.50 bits per heavy atom. The maximum absolute atomic E-state index is 12.5. The molecule has 3 rings (SSSR count). The average Bonchev–Trinajstić information content (AvgIpc) is 3.02. The molecule has 3 amide bonds. The number of carbonyl (C=O) groups excluding carboxylic acids is 2. The molecule has 0 radical (unpaired) electrons. The second-order valence-corrected chi connectivity index (χ2v) is 6.41. The minimum atomic E-state index is -0.837. The monoisotopic (exact) mass is 357 g/mol. The number of nitrogens with one attached hydrogen (secondary N) is 1. The summed E-state index contributed by atoms with van der Waals surface area (Å²) in [5.74, 6) is 0.398. The van der Waals surface area contributed by atoms with E-state index in [1.807, 2.05) is 43.3 Å². The fourth-order valence-corrected chi connectivity index (χ4v) is 3.25. The molecule has 0 saturated carbocycles. The highest BCUT2D eigenvalue weighted by Crippen LogP contribution is 2.23. The zero-order valence-corrected chi connectivity index (χ0v) is 14.7. The zero-order chi connectivity index (χ0) is 18.5. The highest BCUT2D eigenvalue weighted by Gasteiger charge is 2.31. The summed E-state index contributed by atoms with van der Waals surface area (Å²) in [6.07, 6.45) is 0. The fraction of sp³-hybridized carbons (Fsp3) is 0.389. The third kappa shape index (κ3) is 4.47. The van der Waals surface area contributed by atoms with Crippen LogP contribution in [0, 0.1) is 6.92 Å². The van der Waals surface area contributed by atoms with Crippen LogP contribution in [0.3, 0.4) is 0 Å². The fourth-order valence-electron chi connectivity index (χ4n) is 3.25. The van der Waals surface area contributed by atoms with E-state index < -0.39 is 18.0 Å². The first-order valence-electron chi connectivity index (χ1n) is 8.57. The largest absolute Gasteiger partial charge is 0.361 e. The van der Waals surface area contributed by atoms with Gasteiger partial charge in [0.1, 0.15) is 11.8 Å². The minimum absolute atomic E-state index is 0.399. The predicted octanol–water partition coefficient (Wildman–Crippen LogP) is 1.04. The number of benzene rings is 1. The first-order valence-corrected chi connectivity index (χ1v) is 8.57. The summed E-state index contributed by atoms with van der Waals surface area (Å²) in [6.45, 7) is 5.56. The number of hydrogen-bond donors (Lipinski definition) is 2. The van der Waals surface area contributed by atoms with E-state index in [1.54, 1.807) is 0 Å². The Labute approximate surface area is 151 Å². The molecule has 1 atom stereocenters. The number of primary amides is 1. The number of imide groups is 1. The van der Waals surface area contributed by atoms with E-state index in [-0.39, 0.29) is 0 Å². The zero-order valence-electron chi connectivity index (χ0n) is 14.7. The minimum Gasteiger partial charge on any atom is -0.361 e. The smallest absolute Gasteiger partial charge is 0.318 e. The van der Waals surface area contributed by atoms with E-state index in [4.69, 9.17) is 10.3 Å². The van der Waals surface area contributed by atoms with Crippen LogP contribution in [-0.4, -0.2) is 53.1 Å². The topological polar surface area (TPSA) is 105 Å². The van der Waals surface area contributed by atoms with Gasteiger partial charge >= 0.3 is 6.03 Å². The molecule has 26 heavy (non-hydrogen) atoms. The van der Waals surface area contributed by atoms with E-state index in [1.165, 1.54) is 0 Å². The summed E-state index contributed by atoms with van der Waals surface area (Å²) < 4.78 is 5.11. The highest BCUT2D eigenvalue weighted by atomic mass is 16.5. The Hall–Kier alpha value is -2.71. The number of urea groups is 1. The Morgan fingerprint density at radius 1 is 1.23 bits per heavy atom. The molecule has 138 valence electrons. The van der Waals surface area contributed by atoms with Crippen LogP contribution < -0.4 is 11.1 Å². The van der Waals surface area contributed by atoms with Crippen LogP contribution in [-0.2, 0) is 11.3 Å². The Balaban J connectivity index is 1.66. The molecule has 2 aromatic rings. The van der Waals surface area contributed by atoms with Gasteiger partial charge in [-0.1, -0.05) is 35.5 Å². The number of amides is 3. The third-order valence-electron chi connectivity index (χ3n) is 4.44. The van der Waals surface area contributed by atoms with Gasteiger partial charge in [0.25, 0.3) is 0 Å². The molecule has 1 fully saturated rings. The lowest BCUT2D eigenvalue weighted by molar-refractivity contribution is -0.126. The van der Waals surface area contributed by atoms with Crippen molar-refractivity contribution in [1.82, 2.24) is 20.3 Å². The summed E-state index contributed by atoms with van der Waals surface area (Å²) in [5.41, 5.74) is 6.88. The lowest BCUT2D eigenvalue weighted by Gasteiger charge is -2.38. The van der Waals surface area contributed by atoms with E-state index in [9.17, 15) is 9.59 Å². The molecule has 8 heteroatoms. The van der Waals surface area contributed by atoms with Crippen molar-refractivity contribution in [2.24, 2.45) is 5.73 Å². The molecule has 3 N–H and O–H groups in total. The van der Waals surface area contributed by atoms with Crippen LogP contribution in [0.5, 0.6) is 0 Å². The van der Waals surface area contributed by atoms with Gasteiger partial charge in [-0.05, 0) is 12.5 Å². The van der Waals surface area contributed by atoms with Crippen molar-refractivity contribution in [1.29, 1.82) is 0 Å². The summed E-state index contributed by atoms with van der Waals surface area (Å²) in [7, 11) is 0. The summed E-state index contributed by atoms with van der Waals surface area (Å²) in [6, 6.07) is 9.97. The number of nitrogens with two attached hydrogens (primary N) is 1. The number of nitrogens with zero attached hydrogens (tertiary/aromatic N) is 3. The molecule has 1 aromatic heterocycles. The van der Waals surface area contributed by atoms with Gasteiger partial charge in [-0.3, -0.25) is 19.9 Å². The van der Waals surface area contributed by atoms with Crippen LogP contribution in [0.25, 0.3) is 0 Å². The molecule has 2 heterocycles. The molecule has 0 spiro atoms. The van der Waals surface area contributed by atoms with Crippen molar-refractivity contribution in [3.63, 3.8) is 0 Å². The number of rotatable bonds is 5. The maximum atomic E-state index is 12.5. The molecule has 1 aromatic carbocycles. The van der Waals surface area contributed by atoms with Gasteiger partial charge < -0.3 is 10.3 Å². The van der Waals surface area contributed by atoms with E-state index in [0.717, 1.165) is 30.1 Å². The van der Waals surface area contributed by atoms with Crippen LogP contribution in [0.2, 0.25) is 0 Å². The van der Waals surface area contributed by atoms with Crippen LogP contribution in [0.15, 0.2) is 40.9 Å². The molecule has 1 aliphatic heterocycles. The number of hydrogen-bond acceptors (Lipinski definition) is 6. The number of piperazine rings is 1. The van der Waals surface area contributed by atoms with Crippen LogP contribution in [0.1, 0.15) is 23.1 Å². The van der Waals surface area contributed by atoms with Gasteiger partial charge in [-0.15, -0.1) is 0 Å². The van der Waals surface area contributed by atoms with Crippen molar-refractivity contribution >= 4 is 11.9 Å². The lowest BCUT2D eigenvalue weighted by atomic mass is 10.0. The Morgan fingerprint density at radius 2 is 1.92 bits per heavy atom. The lowest BCUT2D eigenvalue weighted by Crippen LogP contribution is -2.51. The second kappa shape index (κ2) is 8.11. The van der Waals surface area contributed by atoms with Crippen molar-refractivity contribution in [2.45, 2.75) is 19.5 Å². The molecule has 1 aliphatic rings. The molecule has 1 saturated heterocycles. The molecular weight excluding hydrogens is 334 g/mol. The summed E-state index contributed by atoms with van der Waals surface area (Å²) in [5, 5.41) is 6.24. The summed E-state index contributed by atoms with van der Waals surface area (Å²) in [4.78, 5) is 28.0. The first kappa shape index (κ1) is 18.1. The Bertz CT molecular complexity index is 753. The van der Waals surface area contributed by atoms with Gasteiger partial charge in [0.05, 0.1) is 5.69 Å². The van der Waals surface area contributed by atoms with Gasteiger partial charge in [0.2, 0.25) is 5.91 Å². The quantitative estimate of drug-likeness (QED) is 0.828. The van der Waals surface area contributed by atoms with Gasteiger partial charge in [-0.25, -0.2) is 4.79 Å². The SMILES string of the molecule is Cc1cc(CN2CCN([C@H](C(=O)NC(N)=O)c3ccccc3)CC2)no1. The molecular formula is C18H23N5O3. The van der Waals surface area contributed by atoms with Gasteiger partial charge in [0.15, 0.2) is 0 Å². The van der Waals surface area contributed by atoms with E-state index >= 15 is 0 Å². The first-order chi connectivity index (χ1) is 12.5. The second-order valence-electron chi connectivity index (χ2n) is 6.41. The van der Waals surface area contributed by atoms with E-state index in [2.05, 4.69) is 20.3 Å². The molecule has 0 aliphatic carbocycles. The van der Waals surface area contributed by atoms with Crippen LogP contribution >= 0.6 is 0 Å². The predicted molar refractivity (Wildman–Crippen MR) is 95.0 cm³/mol. The molecule has 8 nitrogen and oxygen atoms in total. The third-order valence-corrected chi connectivity index (χ3v) is 4.44. The van der Waals surface area contributed by atoms with Crippen molar-refractivity contribution in [2.75, 3.05) is 26.2 Å². The standard InChI is InChI=1S/C18H23N5O3/c1-13-11-15(21-26-13)12-22-7-9-23(10-8-22)16(17(24)20-18(19)25)14-5-3-2-4-6-14/h2-6,11,16H,7-10,12H2,1H3,(H3,19,20,24,25)/t16-/m0/s1. The van der Waals surface area contributed by atoms with Crippen molar-refractivity contribution in [3.05, 3.63) is 53.4 Å². The van der Waals surface area contributed by atoms with Gasteiger partial charge in [0, 0.05) is 38.8 Å². The normalized spacial score (nSPS) is 17.0. The highest BCUT2D eigenvalue weighted by molar-refractivity contribution is 5.96. The maximum Gasteiger partial charge on any atom is 0.318 e. The van der Waals surface area contributed by atoms with Crippen molar-refractivity contribution in [3.8, 4) is 0 Å².